The fourth-order valence-electron chi connectivity index (χ4n) is 2.45. The van der Waals surface area contributed by atoms with Gasteiger partial charge in [0.15, 0.2) is 4.90 Å². The van der Waals surface area contributed by atoms with Gasteiger partial charge < -0.3 is 4.74 Å². The lowest BCUT2D eigenvalue weighted by Gasteiger charge is -2.22. The molecule has 2 aromatic rings. The van der Waals surface area contributed by atoms with Gasteiger partial charge in [-0.2, -0.15) is 0 Å². The molecule has 0 saturated heterocycles. The molecule has 21 heavy (non-hydrogen) atoms. The molecule has 0 aromatic heterocycles. The van der Waals surface area contributed by atoms with Gasteiger partial charge in [0.1, 0.15) is 17.7 Å². The molecule has 2 aromatic carbocycles. The van der Waals surface area contributed by atoms with Crippen LogP contribution in [0.3, 0.4) is 0 Å². The molecule has 0 unspecified atom stereocenters. The van der Waals surface area contributed by atoms with Crippen LogP contribution >= 0.6 is 0 Å². The lowest BCUT2D eigenvalue weighted by atomic mass is 10.0. The molecule has 0 amide bonds. The van der Waals surface area contributed by atoms with E-state index in [1.807, 2.05) is 30.3 Å². The highest BCUT2D eigenvalue weighted by molar-refractivity contribution is 7.89. The maximum atomic E-state index is 13.9. The number of halogens is 1. The molecule has 0 radical (unpaired) electrons. The molecule has 2 atom stereocenters. The molecule has 0 fully saturated rings. The molecule has 6 heteroatoms. The van der Waals surface area contributed by atoms with Crippen molar-refractivity contribution in [2.75, 3.05) is 0 Å². The van der Waals surface area contributed by atoms with E-state index in [1.165, 1.54) is 12.1 Å². The van der Waals surface area contributed by atoms with Gasteiger partial charge in [0.25, 0.3) is 0 Å². The predicted molar refractivity (Wildman–Crippen MR) is 76.0 cm³/mol. The van der Waals surface area contributed by atoms with Crippen molar-refractivity contribution in [3.05, 3.63) is 59.9 Å². The molecule has 1 N–H and O–H groups in total. The second-order valence-electron chi connectivity index (χ2n) is 4.93. The Kier molecular flexibility index (Phi) is 3.43. The fourth-order valence-corrected chi connectivity index (χ4v) is 3.88. The Morgan fingerprint density at radius 3 is 2.52 bits per heavy atom. The van der Waals surface area contributed by atoms with Crippen LogP contribution in [0.4, 0.5) is 4.39 Å². The topological polar surface area (TPSA) is 55.4 Å². The molecule has 4 nitrogen and oxygen atoms in total. The third-order valence-electron chi connectivity index (χ3n) is 3.38. The monoisotopic (exact) mass is 307 g/mol. The smallest absolute Gasteiger partial charge is 0.247 e. The van der Waals surface area contributed by atoms with Crippen LogP contribution in [0.2, 0.25) is 0 Å². The normalized spacial score (nSPS) is 23.7. The first-order valence-electron chi connectivity index (χ1n) is 6.51. The van der Waals surface area contributed by atoms with Gasteiger partial charge in [0.05, 0.1) is 6.04 Å². The van der Waals surface area contributed by atoms with Crippen LogP contribution in [0, 0.1) is 5.82 Å². The molecular formula is C15H14FNO3S. The number of benzene rings is 2. The van der Waals surface area contributed by atoms with E-state index in [-0.39, 0.29) is 5.75 Å². The zero-order valence-electron chi connectivity index (χ0n) is 11.3. The number of ether oxygens (including phenoxy) is 1. The summed E-state index contributed by atoms with van der Waals surface area (Å²) >= 11 is 0. The third kappa shape index (κ3) is 2.52. The number of hydrogen-bond acceptors (Lipinski definition) is 3. The van der Waals surface area contributed by atoms with Crippen molar-refractivity contribution in [1.82, 2.24) is 4.72 Å². The van der Waals surface area contributed by atoms with Crippen LogP contribution in [-0.2, 0) is 10.0 Å². The van der Waals surface area contributed by atoms with Crippen molar-refractivity contribution in [3.8, 4) is 5.75 Å². The average Bonchev–Trinajstić information content (AvgIpc) is 2.54. The first-order valence-corrected chi connectivity index (χ1v) is 8.00. The van der Waals surface area contributed by atoms with E-state index >= 15 is 0 Å². The summed E-state index contributed by atoms with van der Waals surface area (Å²) in [5.74, 6) is -0.790. The summed E-state index contributed by atoms with van der Waals surface area (Å²) in [6, 6.07) is 12.7. The van der Waals surface area contributed by atoms with Crippen LogP contribution in [0.15, 0.2) is 53.4 Å². The zero-order valence-corrected chi connectivity index (χ0v) is 12.1. The van der Waals surface area contributed by atoms with Gasteiger partial charge in [0.2, 0.25) is 10.0 Å². The fraction of sp³-hybridized carbons (Fsp3) is 0.200. The summed E-state index contributed by atoms with van der Waals surface area (Å²) in [6.07, 6.45) is -0.524. The van der Waals surface area contributed by atoms with E-state index in [1.54, 1.807) is 6.92 Å². The lowest BCUT2D eigenvalue weighted by molar-refractivity contribution is 0.173. The van der Waals surface area contributed by atoms with Crippen LogP contribution in [-0.4, -0.2) is 14.5 Å². The summed E-state index contributed by atoms with van der Waals surface area (Å²) in [7, 11) is -3.95. The Hall–Kier alpha value is -1.92. The molecular weight excluding hydrogens is 293 g/mol. The molecule has 1 aliphatic heterocycles. The van der Waals surface area contributed by atoms with E-state index in [0.29, 0.717) is 0 Å². The van der Waals surface area contributed by atoms with Gasteiger partial charge in [-0.15, -0.1) is 0 Å². The highest BCUT2D eigenvalue weighted by atomic mass is 32.2. The summed E-state index contributed by atoms with van der Waals surface area (Å²) in [6.45, 7) is 1.69. The first kappa shape index (κ1) is 14.0. The Bertz CT molecular complexity index is 762. The van der Waals surface area contributed by atoms with Crippen LogP contribution in [0.1, 0.15) is 18.6 Å². The Morgan fingerprint density at radius 1 is 1.10 bits per heavy atom. The summed E-state index contributed by atoms with van der Waals surface area (Å²) in [4.78, 5) is -0.435. The van der Waals surface area contributed by atoms with Crippen LogP contribution < -0.4 is 9.46 Å². The molecule has 1 heterocycles. The van der Waals surface area contributed by atoms with Gasteiger partial charge in [-0.1, -0.05) is 36.4 Å². The van der Waals surface area contributed by atoms with E-state index in [2.05, 4.69) is 4.72 Å². The van der Waals surface area contributed by atoms with Crippen molar-refractivity contribution in [3.63, 3.8) is 0 Å². The van der Waals surface area contributed by atoms with Gasteiger partial charge in [-0.25, -0.2) is 17.5 Å². The largest absolute Gasteiger partial charge is 0.483 e. The molecule has 0 spiro atoms. The van der Waals surface area contributed by atoms with E-state index in [0.717, 1.165) is 11.6 Å². The maximum absolute atomic E-state index is 13.9. The minimum Gasteiger partial charge on any atom is -0.483 e. The zero-order chi connectivity index (χ0) is 15.0. The molecule has 0 aliphatic carbocycles. The third-order valence-corrected chi connectivity index (χ3v) is 4.99. The van der Waals surface area contributed by atoms with Gasteiger partial charge in [-0.05, 0) is 24.6 Å². The van der Waals surface area contributed by atoms with E-state index in [9.17, 15) is 12.8 Å². The molecule has 3 rings (SSSR count). The van der Waals surface area contributed by atoms with Crippen LogP contribution in [0.25, 0.3) is 0 Å². The molecule has 1 aliphatic rings. The minimum absolute atomic E-state index is 0.0284. The summed E-state index contributed by atoms with van der Waals surface area (Å²) < 4.78 is 46.7. The lowest BCUT2D eigenvalue weighted by Crippen LogP contribution is -2.36. The minimum atomic E-state index is -3.95. The summed E-state index contributed by atoms with van der Waals surface area (Å²) in [5.41, 5.74) is 0.824. The van der Waals surface area contributed by atoms with Crippen molar-refractivity contribution in [1.29, 1.82) is 0 Å². The number of hydrogen-bond donors (Lipinski definition) is 1. The van der Waals surface area contributed by atoms with E-state index < -0.39 is 32.9 Å². The SMILES string of the molecule is C[C@@H]1NS(=O)(=O)c2c(F)cccc2O[C@@H]1c1ccccc1. The standard InChI is InChI=1S/C15H14FNO3S/c1-10-14(11-6-3-2-4-7-11)20-13-9-5-8-12(16)15(13)21(18,19)17-10/h2-10,14,17H,1H3/t10-,14-/m0/s1. The number of rotatable bonds is 1. The second-order valence-corrected chi connectivity index (χ2v) is 6.58. The van der Waals surface area contributed by atoms with Crippen molar-refractivity contribution >= 4 is 10.0 Å². The van der Waals surface area contributed by atoms with Gasteiger partial charge in [0, 0.05) is 0 Å². The van der Waals surface area contributed by atoms with E-state index in [4.69, 9.17) is 4.74 Å². The maximum Gasteiger partial charge on any atom is 0.247 e. The Labute approximate surface area is 122 Å². The average molecular weight is 307 g/mol. The number of sulfonamides is 1. The van der Waals surface area contributed by atoms with Crippen molar-refractivity contribution in [2.24, 2.45) is 0 Å². The quantitative estimate of drug-likeness (QED) is 0.881. The van der Waals surface area contributed by atoms with Gasteiger partial charge in [-0.3, -0.25) is 0 Å². The van der Waals surface area contributed by atoms with Gasteiger partial charge >= 0.3 is 0 Å². The Morgan fingerprint density at radius 2 is 1.81 bits per heavy atom. The first-order chi connectivity index (χ1) is 9.99. The van der Waals surface area contributed by atoms with Crippen LogP contribution in [0.5, 0.6) is 5.75 Å². The molecule has 0 saturated carbocycles. The molecule has 0 bridgehead atoms. The highest BCUT2D eigenvalue weighted by Crippen LogP contribution is 2.35. The van der Waals surface area contributed by atoms with Crippen molar-refractivity contribution < 1.29 is 17.5 Å². The number of fused-ring (bicyclic) bond motifs is 1. The van der Waals surface area contributed by atoms with Crippen molar-refractivity contribution in [2.45, 2.75) is 24.0 Å². The second kappa shape index (κ2) is 5.13. The predicted octanol–water partition coefficient (Wildman–Crippen LogP) is 2.63. The molecule has 110 valence electrons. The summed E-state index contributed by atoms with van der Waals surface area (Å²) in [5, 5.41) is 0. The Balaban J connectivity index is 2.14. The highest BCUT2D eigenvalue weighted by Gasteiger charge is 2.35. The number of nitrogens with one attached hydrogen (secondary N) is 1.